The van der Waals surface area contributed by atoms with Crippen LogP contribution >= 0.6 is 0 Å². The molecule has 0 saturated carbocycles. The van der Waals surface area contributed by atoms with Gasteiger partial charge in [-0.05, 0) is 32.6 Å². The van der Waals surface area contributed by atoms with E-state index in [1.54, 1.807) is 7.05 Å². The highest BCUT2D eigenvalue weighted by atomic mass is 16.5. The van der Waals surface area contributed by atoms with Gasteiger partial charge in [-0.3, -0.25) is 0 Å². The van der Waals surface area contributed by atoms with Crippen LogP contribution < -0.4 is 15.0 Å². The number of ether oxygens (including phenoxy) is 2. The molecule has 1 unspecified atom stereocenters. The van der Waals surface area contributed by atoms with Gasteiger partial charge in [0.1, 0.15) is 0 Å². The van der Waals surface area contributed by atoms with E-state index in [1.165, 1.54) is 6.42 Å². The van der Waals surface area contributed by atoms with E-state index < -0.39 is 0 Å². The van der Waals surface area contributed by atoms with Gasteiger partial charge in [-0.1, -0.05) is 0 Å². The Morgan fingerprint density at radius 3 is 2.81 bits per heavy atom. The highest BCUT2D eigenvalue weighted by Crippen LogP contribution is 2.19. The number of rotatable bonds is 6. The number of nitrogens with zero attached hydrogens (tertiary/aromatic N) is 4. The summed E-state index contributed by atoms with van der Waals surface area (Å²) in [6, 6.07) is 0.353. The molecule has 1 aromatic rings. The minimum Gasteiger partial charge on any atom is -0.461 e. The third kappa shape index (κ3) is 4.70. The Labute approximate surface area is 126 Å². The molecule has 118 valence electrons. The van der Waals surface area contributed by atoms with Crippen molar-refractivity contribution in [2.45, 2.75) is 32.8 Å². The van der Waals surface area contributed by atoms with E-state index in [9.17, 15) is 0 Å². The first kappa shape index (κ1) is 15.8. The molecule has 21 heavy (non-hydrogen) atoms. The molecule has 0 aliphatic carbocycles. The Morgan fingerprint density at radius 1 is 1.38 bits per heavy atom. The van der Waals surface area contributed by atoms with Gasteiger partial charge in [0.15, 0.2) is 0 Å². The van der Waals surface area contributed by atoms with Crippen LogP contribution in [-0.4, -0.2) is 54.9 Å². The molecule has 0 radical (unpaired) electrons. The van der Waals surface area contributed by atoms with Crippen molar-refractivity contribution in [1.82, 2.24) is 15.0 Å². The topological polar surface area (TPSA) is 72.4 Å². The fourth-order valence-electron chi connectivity index (χ4n) is 2.31. The van der Waals surface area contributed by atoms with E-state index in [2.05, 4.69) is 20.3 Å². The molecule has 1 aliphatic heterocycles. The molecule has 7 nitrogen and oxygen atoms in total. The SMILES string of the molecule is CNc1nc(OC(C)C)nc(N(C)CC2CCCOC2)n1. The highest BCUT2D eigenvalue weighted by molar-refractivity contribution is 5.37. The molecule has 0 bridgehead atoms. The lowest BCUT2D eigenvalue weighted by atomic mass is 10.0. The largest absolute Gasteiger partial charge is 0.461 e. The van der Waals surface area contributed by atoms with Crippen molar-refractivity contribution in [3.63, 3.8) is 0 Å². The minimum atomic E-state index is 0.0296. The second kappa shape index (κ2) is 7.40. The van der Waals surface area contributed by atoms with E-state index in [-0.39, 0.29) is 6.10 Å². The predicted molar refractivity (Wildman–Crippen MR) is 82.0 cm³/mol. The lowest BCUT2D eigenvalue weighted by Gasteiger charge is -2.27. The fraction of sp³-hybridized carbons (Fsp3) is 0.786. The van der Waals surface area contributed by atoms with E-state index in [0.29, 0.717) is 23.8 Å². The van der Waals surface area contributed by atoms with Crippen LogP contribution in [0.5, 0.6) is 6.01 Å². The standard InChI is InChI=1S/C14H25N5O2/c1-10(2)21-14-17-12(15-3)16-13(18-14)19(4)8-11-6-5-7-20-9-11/h10-11H,5-9H2,1-4H3,(H,15,16,17,18). The van der Waals surface area contributed by atoms with E-state index in [4.69, 9.17) is 9.47 Å². The average Bonchev–Trinajstić information content (AvgIpc) is 2.47. The van der Waals surface area contributed by atoms with Crippen molar-refractivity contribution in [2.75, 3.05) is 44.1 Å². The first-order chi connectivity index (χ1) is 10.1. The van der Waals surface area contributed by atoms with E-state index >= 15 is 0 Å². The van der Waals surface area contributed by atoms with Crippen LogP contribution in [0, 0.1) is 5.92 Å². The molecule has 2 rings (SSSR count). The monoisotopic (exact) mass is 295 g/mol. The van der Waals surface area contributed by atoms with Crippen LogP contribution in [0.4, 0.5) is 11.9 Å². The van der Waals surface area contributed by atoms with Gasteiger partial charge in [-0.2, -0.15) is 15.0 Å². The molecule has 0 aromatic carbocycles. The van der Waals surface area contributed by atoms with Crippen LogP contribution in [0.2, 0.25) is 0 Å². The molecule has 0 spiro atoms. The third-order valence-electron chi connectivity index (χ3n) is 3.30. The van der Waals surface area contributed by atoms with Gasteiger partial charge in [0.25, 0.3) is 0 Å². The number of nitrogens with one attached hydrogen (secondary N) is 1. The maximum atomic E-state index is 5.58. The third-order valence-corrected chi connectivity index (χ3v) is 3.30. The molecular formula is C14H25N5O2. The summed E-state index contributed by atoms with van der Waals surface area (Å²) >= 11 is 0. The van der Waals surface area contributed by atoms with E-state index in [0.717, 1.165) is 26.2 Å². The lowest BCUT2D eigenvalue weighted by molar-refractivity contribution is 0.0575. The van der Waals surface area contributed by atoms with Gasteiger partial charge in [0.05, 0.1) is 12.7 Å². The van der Waals surface area contributed by atoms with Gasteiger partial charge in [0.2, 0.25) is 11.9 Å². The van der Waals surface area contributed by atoms with Crippen molar-refractivity contribution in [3.8, 4) is 6.01 Å². The van der Waals surface area contributed by atoms with Crippen LogP contribution in [0.3, 0.4) is 0 Å². The summed E-state index contributed by atoms with van der Waals surface area (Å²) in [4.78, 5) is 15.0. The Bertz CT molecular complexity index is 449. The number of hydrogen-bond donors (Lipinski definition) is 1. The number of anilines is 2. The molecule has 1 aromatic heterocycles. The van der Waals surface area contributed by atoms with Gasteiger partial charge in [0, 0.05) is 27.2 Å². The number of hydrogen-bond acceptors (Lipinski definition) is 7. The Hall–Kier alpha value is -1.63. The molecule has 1 fully saturated rings. The van der Waals surface area contributed by atoms with Crippen molar-refractivity contribution in [3.05, 3.63) is 0 Å². The smallest absolute Gasteiger partial charge is 0.323 e. The Morgan fingerprint density at radius 2 is 2.19 bits per heavy atom. The Balaban J connectivity index is 2.08. The van der Waals surface area contributed by atoms with Gasteiger partial charge < -0.3 is 19.7 Å². The van der Waals surface area contributed by atoms with Crippen LogP contribution in [0.15, 0.2) is 0 Å². The molecule has 1 aliphatic rings. The summed E-state index contributed by atoms with van der Waals surface area (Å²) in [6.07, 6.45) is 2.34. The van der Waals surface area contributed by atoms with Crippen LogP contribution in [-0.2, 0) is 4.74 Å². The zero-order valence-corrected chi connectivity index (χ0v) is 13.3. The molecule has 0 amide bonds. The molecule has 7 heteroatoms. The van der Waals surface area contributed by atoms with Crippen molar-refractivity contribution in [1.29, 1.82) is 0 Å². The summed E-state index contributed by atoms with van der Waals surface area (Å²) < 4.78 is 11.1. The molecule has 1 N–H and O–H groups in total. The maximum Gasteiger partial charge on any atom is 0.323 e. The van der Waals surface area contributed by atoms with Crippen molar-refractivity contribution >= 4 is 11.9 Å². The molecular weight excluding hydrogens is 270 g/mol. The van der Waals surface area contributed by atoms with Crippen LogP contribution in [0.25, 0.3) is 0 Å². The van der Waals surface area contributed by atoms with Gasteiger partial charge in [-0.15, -0.1) is 0 Å². The van der Waals surface area contributed by atoms with Gasteiger partial charge in [-0.25, -0.2) is 0 Å². The maximum absolute atomic E-state index is 5.58. The lowest BCUT2D eigenvalue weighted by Crippen LogP contribution is -2.32. The first-order valence-corrected chi connectivity index (χ1v) is 7.48. The van der Waals surface area contributed by atoms with Crippen molar-refractivity contribution in [2.24, 2.45) is 5.92 Å². The van der Waals surface area contributed by atoms with Crippen LogP contribution in [0.1, 0.15) is 26.7 Å². The summed E-state index contributed by atoms with van der Waals surface area (Å²) in [5.74, 6) is 1.66. The summed E-state index contributed by atoms with van der Waals surface area (Å²) in [6.45, 7) is 6.46. The van der Waals surface area contributed by atoms with E-state index in [1.807, 2.05) is 25.8 Å². The predicted octanol–water partition coefficient (Wildman–Crippen LogP) is 1.56. The quantitative estimate of drug-likeness (QED) is 0.853. The normalized spacial score (nSPS) is 18.6. The average molecular weight is 295 g/mol. The molecule has 1 atom stereocenters. The second-order valence-electron chi connectivity index (χ2n) is 5.62. The fourth-order valence-corrected chi connectivity index (χ4v) is 2.31. The van der Waals surface area contributed by atoms with Gasteiger partial charge >= 0.3 is 6.01 Å². The first-order valence-electron chi connectivity index (χ1n) is 7.48. The summed E-state index contributed by atoms with van der Waals surface area (Å²) in [7, 11) is 3.77. The second-order valence-corrected chi connectivity index (χ2v) is 5.62. The Kier molecular flexibility index (Phi) is 5.55. The summed E-state index contributed by atoms with van der Waals surface area (Å²) in [5, 5.41) is 2.95. The molecule has 2 heterocycles. The number of aromatic nitrogens is 3. The zero-order valence-electron chi connectivity index (χ0n) is 13.3. The zero-order chi connectivity index (χ0) is 15.2. The molecule has 1 saturated heterocycles. The van der Waals surface area contributed by atoms with Crippen molar-refractivity contribution < 1.29 is 9.47 Å². The summed E-state index contributed by atoms with van der Waals surface area (Å²) in [5.41, 5.74) is 0. The minimum absolute atomic E-state index is 0.0296. The highest BCUT2D eigenvalue weighted by Gasteiger charge is 2.18.